The number of aromatic amines is 1. The second kappa shape index (κ2) is 10.5. The number of nitrogens with zero attached hydrogens (tertiary/aromatic N) is 6. The van der Waals surface area contributed by atoms with Crippen molar-refractivity contribution < 1.29 is 27.3 Å². The average molecular weight is 538 g/mol. The standard InChI is InChI=1S/C25H21F3N8O3/c1-2-20(37)36-10-4-5-14(13-36)24-33-21(35-39-24)15-11-16(25(26,27)28)22(29-12-15)32-23(38)19-7-3-6-17(31-19)18-8-9-30-34-18/h2-3,6-9,11-12,14H,1,4-5,10,13H2,(H,30,34)(H,29,32,38)/t14-/m0/s1. The summed E-state index contributed by atoms with van der Waals surface area (Å²) in [5.74, 6) is -1.94. The molecule has 0 radical (unpaired) electrons. The molecule has 1 atom stereocenters. The molecule has 200 valence electrons. The number of H-pyrrole nitrogens is 1. The molecule has 2 amide bonds. The minimum absolute atomic E-state index is 0.0514. The molecular formula is C25H21F3N8O3. The summed E-state index contributed by atoms with van der Waals surface area (Å²) >= 11 is 0. The summed E-state index contributed by atoms with van der Waals surface area (Å²) in [5, 5.41) is 12.5. The minimum Gasteiger partial charge on any atom is -0.339 e. The Morgan fingerprint density at radius 3 is 2.82 bits per heavy atom. The van der Waals surface area contributed by atoms with Crippen LogP contribution in [-0.2, 0) is 11.0 Å². The lowest BCUT2D eigenvalue weighted by Crippen LogP contribution is -2.38. The number of pyridine rings is 2. The van der Waals surface area contributed by atoms with Crippen LogP contribution in [0.3, 0.4) is 0 Å². The Morgan fingerprint density at radius 1 is 1.23 bits per heavy atom. The highest BCUT2D eigenvalue weighted by molar-refractivity contribution is 6.03. The molecule has 14 heteroatoms. The van der Waals surface area contributed by atoms with E-state index in [-0.39, 0.29) is 34.8 Å². The number of hydrogen-bond acceptors (Lipinski definition) is 8. The maximum atomic E-state index is 14.0. The van der Waals surface area contributed by atoms with Crippen molar-refractivity contribution in [3.63, 3.8) is 0 Å². The van der Waals surface area contributed by atoms with Crippen molar-refractivity contribution in [2.45, 2.75) is 24.9 Å². The van der Waals surface area contributed by atoms with Gasteiger partial charge in [0.1, 0.15) is 11.5 Å². The van der Waals surface area contributed by atoms with Gasteiger partial charge in [-0.2, -0.15) is 23.3 Å². The van der Waals surface area contributed by atoms with E-state index < -0.39 is 23.5 Å². The molecule has 11 nitrogen and oxygen atoms in total. The fourth-order valence-corrected chi connectivity index (χ4v) is 4.21. The van der Waals surface area contributed by atoms with Gasteiger partial charge in [-0.25, -0.2) is 9.97 Å². The van der Waals surface area contributed by atoms with Crippen molar-refractivity contribution in [1.29, 1.82) is 0 Å². The van der Waals surface area contributed by atoms with E-state index in [4.69, 9.17) is 4.52 Å². The lowest BCUT2D eigenvalue weighted by molar-refractivity contribution is -0.137. The van der Waals surface area contributed by atoms with Crippen molar-refractivity contribution in [2.24, 2.45) is 0 Å². The van der Waals surface area contributed by atoms with Gasteiger partial charge in [0.25, 0.3) is 5.91 Å². The number of hydrogen-bond donors (Lipinski definition) is 2. The van der Waals surface area contributed by atoms with Crippen LogP contribution in [0.5, 0.6) is 0 Å². The molecule has 1 fully saturated rings. The molecule has 39 heavy (non-hydrogen) atoms. The highest BCUT2D eigenvalue weighted by atomic mass is 19.4. The lowest BCUT2D eigenvalue weighted by atomic mass is 9.98. The van der Waals surface area contributed by atoms with Gasteiger partial charge in [0.2, 0.25) is 17.6 Å². The van der Waals surface area contributed by atoms with E-state index in [1.54, 1.807) is 23.1 Å². The molecule has 0 aromatic carbocycles. The maximum Gasteiger partial charge on any atom is 0.419 e. The highest BCUT2D eigenvalue weighted by Gasteiger charge is 2.36. The second-order valence-electron chi connectivity index (χ2n) is 8.73. The zero-order valence-corrected chi connectivity index (χ0v) is 20.3. The topological polar surface area (TPSA) is 143 Å². The van der Waals surface area contributed by atoms with Crippen LogP contribution in [0, 0.1) is 0 Å². The third kappa shape index (κ3) is 5.54. The van der Waals surface area contributed by atoms with Gasteiger partial charge in [0.15, 0.2) is 0 Å². The molecule has 1 saturated heterocycles. The van der Waals surface area contributed by atoms with E-state index in [0.717, 1.165) is 12.3 Å². The van der Waals surface area contributed by atoms with Crippen LogP contribution in [-0.4, -0.2) is 60.1 Å². The molecule has 0 aliphatic carbocycles. The Kier molecular flexibility index (Phi) is 6.92. The van der Waals surface area contributed by atoms with Crippen molar-refractivity contribution >= 4 is 17.6 Å². The Balaban J connectivity index is 1.38. The normalized spacial score (nSPS) is 15.7. The van der Waals surface area contributed by atoms with Crippen LogP contribution in [0.2, 0.25) is 0 Å². The first-order valence-corrected chi connectivity index (χ1v) is 11.8. The largest absolute Gasteiger partial charge is 0.419 e. The van der Waals surface area contributed by atoms with Crippen molar-refractivity contribution in [3.05, 3.63) is 72.5 Å². The zero-order valence-electron chi connectivity index (χ0n) is 20.3. The van der Waals surface area contributed by atoms with E-state index in [1.165, 1.54) is 18.3 Å². The van der Waals surface area contributed by atoms with Gasteiger partial charge in [0, 0.05) is 31.0 Å². The molecule has 0 unspecified atom stereocenters. The number of halogens is 3. The van der Waals surface area contributed by atoms with Crippen LogP contribution >= 0.6 is 0 Å². The summed E-state index contributed by atoms with van der Waals surface area (Å²) in [6.45, 7) is 4.39. The Morgan fingerprint density at radius 2 is 2.08 bits per heavy atom. The summed E-state index contributed by atoms with van der Waals surface area (Å²) in [4.78, 5) is 38.6. The molecular weight excluding hydrogens is 517 g/mol. The average Bonchev–Trinajstić information content (AvgIpc) is 3.66. The van der Waals surface area contributed by atoms with E-state index in [2.05, 4.69) is 42.2 Å². The van der Waals surface area contributed by atoms with Gasteiger partial charge < -0.3 is 14.7 Å². The van der Waals surface area contributed by atoms with Gasteiger partial charge in [-0.3, -0.25) is 14.7 Å². The number of anilines is 1. The molecule has 1 aliphatic rings. The first-order valence-electron chi connectivity index (χ1n) is 11.8. The number of nitrogens with one attached hydrogen (secondary N) is 2. The molecule has 4 aromatic rings. The second-order valence-corrected chi connectivity index (χ2v) is 8.73. The smallest absolute Gasteiger partial charge is 0.339 e. The van der Waals surface area contributed by atoms with Crippen molar-refractivity contribution in [3.8, 4) is 22.8 Å². The molecule has 1 aliphatic heterocycles. The minimum atomic E-state index is -4.85. The summed E-state index contributed by atoms with van der Waals surface area (Å²) in [6, 6.07) is 6.97. The van der Waals surface area contributed by atoms with E-state index in [9.17, 15) is 22.8 Å². The van der Waals surface area contributed by atoms with E-state index in [1.807, 2.05) is 0 Å². The Bertz CT molecular complexity index is 1520. The van der Waals surface area contributed by atoms with Gasteiger partial charge >= 0.3 is 6.18 Å². The number of amides is 2. The fourth-order valence-electron chi connectivity index (χ4n) is 4.21. The van der Waals surface area contributed by atoms with Crippen LogP contribution in [0.15, 0.2) is 59.9 Å². The third-order valence-electron chi connectivity index (χ3n) is 6.14. The molecule has 4 aromatic heterocycles. The molecule has 0 bridgehead atoms. The van der Waals surface area contributed by atoms with Crippen LogP contribution < -0.4 is 5.32 Å². The SMILES string of the molecule is C=CC(=O)N1CCC[C@H](c2nc(-c3cnc(NC(=O)c4cccc(-c5ccn[nH]5)n4)c(C(F)(F)F)c3)no2)C1. The van der Waals surface area contributed by atoms with Gasteiger partial charge in [-0.15, -0.1) is 0 Å². The zero-order chi connectivity index (χ0) is 27.6. The molecule has 2 N–H and O–H groups in total. The summed E-state index contributed by atoms with van der Waals surface area (Å²) in [5.41, 5.74) is -0.423. The molecule has 0 saturated carbocycles. The maximum absolute atomic E-state index is 14.0. The molecule has 5 heterocycles. The van der Waals surface area contributed by atoms with Crippen molar-refractivity contribution in [1.82, 2.24) is 35.2 Å². The number of likely N-dealkylation sites (tertiary alicyclic amines) is 1. The number of carbonyl (C=O) groups is 2. The number of piperidine rings is 1. The number of aromatic nitrogens is 6. The van der Waals surface area contributed by atoms with Crippen LogP contribution in [0.4, 0.5) is 19.0 Å². The summed E-state index contributed by atoms with van der Waals surface area (Å²) in [6.07, 6.45) is 0.370. The molecule has 5 rings (SSSR count). The third-order valence-corrected chi connectivity index (χ3v) is 6.14. The number of carbonyl (C=O) groups excluding carboxylic acids is 2. The predicted octanol–water partition coefficient (Wildman–Crippen LogP) is 4.08. The summed E-state index contributed by atoms with van der Waals surface area (Å²) < 4.78 is 47.2. The number of alkyl halides is 3. The Hall–Kier alpha value is -4.88. The first-order chi connectivity index (χ1) is 18.7. The molecule has 0 spiro atoms. The van der Waals surface area contributed by atoms with Gasteiger partial charge in [-0.1, -0.05) is 17.8 Å². The van der Waals surface area contributed by atoms with Crippen LogP contribution in [0.1, 0.15) is 40.7 Å². The van der Waals surface area contributed by atoms with Gasteiger partial charge in [-0.05, 0) is 43.2 Å². The summed E-state index contributed by atoms with van der Waals surface area (Å²) in [7, 11) is 0. The Labute approximate surface area is 219 Å². The monoisotopic (exact) mass is 538 g/mol. The first kappa shape index (κ1) is 25.8. The van der Waals surface area contributed by atoms with E-state index >= 15 is 0 Å². The number of rotatable bonds is 6. The predicted molar refractivity (Wildman–Crippen MR) is 131 cm³/mol. The van der Waals surface area contributed by atoms with Crippen molar-refractivity contribution in [2.75, 3.05) is 18.4 Å². The lowest BCUT2D eigenvalue weighted by Gasteiger charge is -2.30. The van der Waals surface area contributed by atoms with Crippen LogP contribution in [0.25, 0.3) is 22.8 Å². The van der Waals surface area contributed by atoms with E-state index in [0.29, 0.717) is 37.3 Å². The quantitative estimate of drug-likeness (QED) is 0.350. The highest BCUT2D eigenvalue weighted by Crippen LogP contribution is 2.36. The fraction of sp³-hybridized carbons (Fsp3) is 0.240. The van der Waals surface area contributed by atoms with Gasteiger partial charge in [0.05, 0.1) is 22.9 Å².